The molecule has 0 bridgehead atoms. The summed E-state index contributed by atoms with van der Waals surface area (Å²) in [6, 6.07) is 3.74. The maximum atomic E-state index is 11.8. The van der Waals surface area contributed by atoms with Gasteiger partial charge in [-0.15, -0.1) is 0 Å². The molecular formula is C16H26N2O4. The van der Waals surface area contributed by atoms with Gasteiger partial charge in [0.15, 0.2) is 0 Å². The summed E-state index contributed by atoms with van der Waals surface area (Å²) in [5.41, 5.74) is -0.497. The molecule has 0 radical (unpaired) electrons. The molecule has 1 aliphatic rings. The predicted molar refractivity (Wildman–Crippen MR) is 82.6 cm³/mol. The number of furan rings is 1. The van der Waals surface area contributed by atoms with Gasteiger partial charge in [-0.1, -0.05) is 0 Å². The van der Waals surface area contributed by atoms with E-state index >= 15 is 0 Å². The zero-order chi connectivity index (χ0) is 16.2. The lowest BCUT2D eigenvalue weighted by Gasteiger charge is -2.35. The maximum Gasteiger partial charge on any atom is 0.407 e. The van der Waals surface area contributed by atoms with Crippen LogP contribution in [0.1, 0.15) is 33.5 Å². The minimum atomic E-state index is -0.497. The lowest BCUT2D eigenvalue weighted by molar-refractivity contribution is -0.0488. The smallest absolute Gasteiger partial charge is 0.407 e. The normalized spacial score (nSPS) is 21.4. The number of carbonyl (C=O) groups is 1. The van der Waals surface area contributed by atoms with Gasteiger partial charge in [-0.25, -0.2) is 4.79 Å². The number of amides is 1. The second-order valence-corrected chi connectivity index (χ2v) is 6.66. The molecule has 0 spiro atoms. The van der Waals surface area contributed by atoms with Crippen LogP contribution in [0.3, 0.4) is 0 Å². The van der Waals surface area contributed by atoms with E-state index in [-0.39, 0.29) is 12.1 Å². The molecule has 0 aliphatic carbocycles. The van der Waals surface area contributed by atoms with Crippen LogP contribution in [0.4, 0.5) is 4.79 Å². The predicted octanol–water partition coefficient (Wildman–Crippen LogP) is 2.39. The summed E-state index contributed by atoms with van der Waals surface area (Å²) < 4.78 is 16.4. The number of morpholine rings is 1. The van der Waals surface area contributed by atoms with E-state index in [1.165, 1.54) is 0 Å². The Kier molecular flexibility index (Phi) is 5.47. The van der Waals surface area contributed by atoms with Crippen LogP contribution in [-0.2, 0) is 16.0 Å². The fourth-order valence-corrected chi connectivity index (χ4v) is 2.39. The lowest BCUT2D eigenvalue weighted by atomic mass is 10.1. The van der Waals surface area contributed by atoms with Crippen molar-refractivity contribution in [2.24, 2.45) is 0 Å². The Hall–Kier alpha value is -1.53. The summed E-state index contributed by atoms with van der Waals surface area (Å²) in [4.78, 5) is 14.1. The molecule has 1 aromatic heterocycles. The largest absolute Gasteiger partial charge is 0.468 e. The lowest BCUT2D eigenvalue weighted by Crippen LogP contribution is -2.52. The second-order valence-electron chi connectivity index (χ2n) is 6.66. The van der Waals surface area contributed by atoms with Crippen LogP contribution in [0.5, 0.6) is 0 Å². The first kappa shape index (κ1) is 16.8. The first-order valence-corrected chi connectivity index (χ1v) is 7.69. The van der Waals surface area contributed by atoms with E-state index in [1.807, 2.05) is 39.8 Å². The van der Waals surface area contributed by atoms with E-state index in [4.69, 9.17) is 13.9 Å². The van der Waals surface area contributed by atoms with Crippen LogP contribution >= 0.6 is 0 Å². The summed E-state index contributed by atoms with van der Waals surface area (Å²) in [5, 5.41) is 2.85. The minimum Gasteiger partial charge on any atom is -0.468 e. The van der Waals surface area contributed by atoms with Crippen molar-refractivity contribution in [1.29, 1.82) is 0 Å². The topological polar surface area (TPSA) is 63.9 Å². The first-order valence-electron chi connectivity index (χ1n) is 7.69. The second kappa shape index (κ2) is 7.15. The number of nitrogens with one attached hydrogen (secondary N) is 1. The fraction of sp³-hybridized carbons (Fsp3) is 0.688. The molecule has 6 nitrogen and oxygen atoms in total. The Morgan fingerprint density at radius 3 is 2.95 bits per heavy atom. The summed E-state index contributed by atoms with van der Waals surface area (Å²) >= 11 is 0. The molecule has 0 saturated carbocycles. The highest BCUT2D eigenvalue weighted by Crippen LogP contribution is 2.14. The third kappa shape index (κ3) is 5.35. The summed E-state index contributed by atoms with van der Waals surface area (Å²) in [5.74, 6) is 0.938. The number of hydrogen-bond acceptors (Lipinski definition) is 5. The molecule has 1 aromatic rings. The highest BCUT2D eigenvalue weighted by molar-refractivity contribution is 5.68. The fourth-order valence-electron chi connectivity index (χ4n) is 2.39. The van der Waals surface area contributed by atoms with E-state index in [2.05, 4.69) is 10.2 Å². The zero-order valence-electron chi connectivity index (χ0n) is 13.8. The average molecular weight is 310 g/mol. The van der Waals surface area contributed by atoms with Gasteiger partial charge in [-0.3, -0.25) is 4.90 Å². The number of nitrogens with zero attached hydrogens (tertiary/aromatic N) is 1. The van der Waals surface area contributed by atoms with Crippen molar-refractivity contribution in [3.8, 4) is 0 Å². The summed E-state index contributed by atoms with van der Waals surface area (Å²) in [7, 11) is 0. The molecule has 1 saturated heterocycles. The van der Waals surface area contributed by atoms with Gasteiger partial charge < -0.3 is 19.2 Å². The summed E-state index contributed by atoms with van der Waals surface area (Å²) in [6.45, 7) is 10.5. The molecule has 22 heavy (non-hydrogen) atoms. The average Bonchev–Trinajstić information content (AvgIpc) is 2.89. The first-order chi connectivity index (χ1) is 10.3. The molecule has 2 heterocycles. The maximum absolute atomic E-state index is 11.8. The van der Waals surface area contributed by atoms with Crippen molar-refractivity contribution in [1.82, 2.24) is 10.2 Å². The number of alkyl carbamates (subject to hydrolysis) is 1. The van der Waals surface area contributed by atoms with E-state index in [0.29, 0.717) is 6.61 Å². The number of rotatable bonds is 4. The van der Waals surface area contributed by atoms with Gasteiger partial charge in [0, 0.05) is 13.1 Å². The highest BCUT2D eigenvalue weighted by Gasteiger charge is 2.28. The van der Waals surface area contributed by atoms with Crippen molar-refractivity contribution >= 4 is 6.09 Å². The van der Waals surface area contributed by atoms with Gasteiger partial charge in [0.25, 0.3) is 0 Å². The molecular weight excluding hydrogens is 284 g/mol. The summed E-state index contributed by atoms with van der Waals surface area (Å²) in [6.07, 6.45) is 1.21. The number of hydrogen-bond donors (Lipinski definition) is 1. The molecule has 6 heteroatoms. The van der Waals surface area contributed by atoms with Gasteiger partial charge in [-0.05, 0) is 39.8 Å². The Bertz CT molecular complexity index is 467. The number of ether oxygens (including phenoxy) is 2. The van der Waals surface area contributed by atoms with E-state index < -0.39 is 11.7 Å². The minimum absolute atomic E-state index is 0.0590. The molecule has 124 valence electrons. The molecule has 0 aromatic carbocycles. The zero-order valence-corrected chi connectivity index (χ0v) is 13.8. The van der Waals surface area contributed by atoms with Crippen LogP contribution < -0.4 is 5.32 Å². The van der Waals surface area contributed by atoms with Crippen molar-refractivity contribution < 1.29 is 18.7 Å². The van der Waals surface area contributed by atoms with Gasteiger partial charge in [-0.2, -0.15) is 0 Å². The molecule has 1 aliphatic heterocycles. The third-order valence-corrected chi connectivity index (χ3v) is 3.44. The van der Waals surface area contributed by atoms with Gasteiger partial charge >= 0.3 is 6.09 Å². The quantitative estimate of drug-likeness (QED) is 0.925. The Balaban J connectivity index is 1.82. The van der Waals surface area contributed by atoms with Gasteiger partial charge in [0.1, 0.15) is 11.4 Å². The standard InChI is InChI=1S/C16H26N2O4/c1-12(17-15(19)22-16(2,3)4)14-11-18(7-9-21-14)10-13-6-5-8-20-13/h5-6,8,12,14H,7,9-11H2,1-4H3,(H,17,19)/t12-,14+/m1/s1. The number of carbonyl (C=O) groups excluding carboxylic acids is 1. The molecule has 2 atom stereocenters. The van der Waals surface area contributed by atoms with Gasteiger partial charge in [0.2, 0.25) is 0 Å². The van der Waals surface area contributed by atoms with E-state index in [1.54, 1.807) is 6.26 Å². The van der Waals surface area contributed by atoms with Crippen LogP contribution in [-0.4, -0.2) is 48.4 Å². The Labute approximate surface area is 131 Å². The molecule has 1 fully saturated rings. The molecule has 1 amide bonds. The third-order valence-electron chi connectivity index (χ3n) is 3.44. The van der Waals surface area contributed by atoms with Crippen LogP contribution in [0.25, 0.3) is 0 Å². The van der Waals surface area contributed by atoms with E-state index in [9.17, 15) is 4.79 Å². The molecule has 0 unspecified atom stereocenters. The van der Waals surface area contributed by atoms with Crippen molar-refractivity contribution in [2.75, 3.05) is 19.7 Å². The Morgan fingerprint density at radius 1 is 1.55 bits per heavy atom. The van der Waals surface area contributed by atoms with Crippen molar-refractivity contribution in [3.63, 3.8) is 0 Å². The van der Waals surface area contributed by atoms with Gasteiger partial charge in [0.05, 0.1) is 31.6 Å². The Morgan fingerprint density at radius 2 is 2.32 bits per heavy atom. The highest BCUT2D eigenvalue weighted by atomic mass is 16.6. The van der Waals surface area contributed by atoms with Crippen molar-refractivity contribution in [3.05, 3.63) is 24.2 Å². The molecule has 1 N–H and O–H groups in total. The van der Waals surface area contributed by atoms with Crippen molar-refractivity contribution in [2.45, 2.75) is 52.0 Å². The van der Waals surface area contributed by atoms with Crippen LogP contribution in [0.15, 0.2) is 22.8 Å². The van der Waals surface area contributed by atoms with Crippen LogP contribution in [0.2, 0.25) is 0 Å². The van der Waals surface area contributed by atoms with E-state index in [0.717, 1.165) is 25.4 Å². The van der Waals surface area contributed by atoms with Crippen LogP contribution in [0, 0.1) is 0 Å². The SMILES string of the molecule is C[C@@H](NC(=O)OC(C)(C)C)[C@@H]1CN(Cc2ccco2)CCO1. The monoisotopic (exact) mass is 310 g/mol. The molecule has 2 rings (SSSR count).